The first-order valence-electron chi connectivity index (χ1n) is 8.95. The fourth-order valence-electron chi connectivity index (χ4n) is 3.25. The van der Waals surface area contributed by atoms with E-state index < -0.39 is 0 Å². The molecule has 4 heterocycles. The number of amides is 1. The van der Waals surface area contributed by atoms with Gasteiger partial charge in [0.05, 0.1) is 5.69 Å². The van der Waals surface area contributed by atoms with Crippen LogP contribution in [0.15, 0.2) is 29.0 Å². The number of nitrogens with one attached hydrogen (secondary N) is 1. The van der Waals surface area contributed by atoms with Crippen molar-refractivity contribution in [3.05, 3.63) is 29.0 Å². The average Bonchev–Trinajstić information content (AvgIpc) is 3.30. The van der Waals surface area contributed by atoms with E-state index in [2.05, 4.69) is 33.1 Å². The highest BCUT2D eigenvalue weighted by atomic mass is 32.1. The molecule has 7 heteroatoms. The molecule has 26 heavy (non-hydrogen) atoms. The van der Waals surface area contributed by atoms with Crippen molar-refractivity contribution in [1.82, 2.24) is 15.3 Å². The number of carbonyl (C=O) groups is 1. The number of carbonyl (C=O) groups excluding carboxylic acids is 1. The summed E-state index contributed by atoms with van der Waals surface area (Å²) in [6.07, 6.45) is 1.75. The zero-order chi connectivity index (χ0) is 18.1. The van der Waals surface area contributed by atoms with Gasteiger partial charge in [-0.25, -0.2) is 9.97 Å². The summed E-state index contributed by atoms with van der Waals surface area (Å²) < 4.78 is 0. The Balaban J connectivity index is 1.47. The Kier molecular flexibility index (Phi) is 4.91. The Morgan fingerprint density at radius 1 is 1.23 bits per heavy atom. The summed E-state index contributed by atoms with van der Waals surface area (Å²) in [5.74, 6) is 0.303. The predicted molar refractivity (Wildman–Crippen MR) is 109 cm³/mol. The van der Waals surface area contributed by atoms with Gasteiger partial charge in [0.25, 0.3) is 0 Å². The maximum atomic E-state index is 12.2. The number of hydrogen-bond donors (Lipinski definition) is 1. The van der Waals surface area contributed by atoms with Crippen LogP contribution in [0.3, 0.4) is 0 Å². The van der Waals surface area contributed by atoms with Gasteiger partial charge in [-0.2, -0.15) is 11.3 Å². The number of thiophene rings is 1. The SMILES string of the molecule is CC(C)NC(=O)C1CCN(c2nc3ccc(-c4ccsc4)nc3s2)CC1. The van der Waals surface area contributed by atoms with Crippen LogP contribution >= 0.6 is 22.7 Å². The standard InChI is InChI=1S/C19H22N4OS2/c1-12(2)20-17(24)13-5-8-23(9-6-13)19-22-16-4-3-15(21-18(16)26-19)14-7-10-25-11-14/h3-4,7,10-13H,5-6,8-9H2,1-2H3,(H,20,24). The second-order valence-electron chi connectivity index (χ2n) is 6.95. The number of piperidine rings is 1. The lowest BCUT2D eigenvalue weighted by Crippen LogP contribution is -2.42. The molecule has 0 spiro atoms. The third-order valence-electron chi connectivity index (χ3n) is 4.63. The van der Waals surface area contributed by atoms with E-state index in [4.69, 9.17) is 9.97 Å². The average molecular weight is 387 g/mol. The van der Waals surface area contributed by atoms with E-state index in [1.807, 2.05) is 19.9 Å². The lowest BCUT2D eigenvalue weighted by Gasteiger charge is -2.31. The quantitative estimate of drug-likeness (QED) is 0.731. The molecule has 0 radical (unpaired) electrons. The van der Waals surface area contributed by atoms with Gasteiger partial charge in [-0.3, -0.25) is 4.79 Å². The van der Waals surface area contributed by atoms with Crippen LogP contribution in [0, 0.1) is 5.92 Å². The van der Waals surface area contributed by atoms with Gasteiger partial charge in [-0.15, -0.1) is 0 Å². The molecule has 3 aromatic heterocycles. The van der Waals surface area contributed by atoms with Crippen LogP contribution in [0.5, 0.6) is 0 Å². The van der Waals surface area contributed by atoms with Crippen LogP contribution in [0.1, 0.15) is 26.7 Å². The van der Waals surface area contributed by atoms with E-state index in [1.165, 1.54) is 0 Å². The highest BCUT2D eigenvalue weighted by Gasteiger charge is 2.26. The number of pyridine rings is 1. The lowest BCUT2D eigenvalue weighted by atomic mass is 9.96. The molecule has 0 atom stereocenters. The molecule has 136 valence electrons. The molecule has 0 aromatic carbocycles. The summed E-state index contributed by atoms with van der Waals surface area (Å²) in [7, 11) is 0. The van der Waals surface area contributed by atoms with E-state index in [9.17, 15) is 4.79 Å². The monoisotopic (exact) mass is 386 g/mol. The fourth-order valence-corrected chi connectivity index (χ4v) is 4.89. The van der Waals surface area contributed by atoms with Gasteiger partial charge < -0.3 is 10.2 Å². The molecule has 0 saturated carbocycles. The van der Waals surface area contributed by atoms with Crippen LogP contribution in [-0.4, -0.2) is 35.0 Å². The van der Waals surface area contributed by atoms with Crippen molar-refractivity contribution in [2.24, 2.45) is 5.92 Å². The number of fused-ring (bicyclic) bond motifs is 1. The molecule has 1 fully saturated rings. The van der Waals surface area contributed by atoms with Gasteiger partial charge in [0, 0.05) is 36.0 Å². The summed E-state index contributed by atoms with van der Waals surface area (Å²) in [6, 6.07) is 6.38. The van der Waals surface area contributed by atoms with Gasteiger partial charge in [-0.1, -0.05) is 11.3 Å². The van der Waals surface area contributed by atoms with Crippen LogP contribution < -0.4 is 10.2 Å². The molecule has 1 saturated heterocycles. The number of nitrogens with zero attached hydrogens (tertiary/aromatic N) is 3. The fraction of sp³-hybridized carbons (Fsp3) is 0.421. The van der Waals surface area contributed by atoms with E-state index in [0.29, 0.717) is 0 Å². The van der Waals surface area contributed by atoms with Gasteiger partial charge in [0.1, 0.15) is 10.3 Å². The van der Waals surface area contributed by atoms with Crippen LogP contribution in [0.4, 0.5) is 5.13 Å². The summed E-state index contributed by atoms with van der Waals surface area (Å²) in [6.45, 7) is 5.75. The van der Waals surface area contributed by atoms with E-state index in [0.717, 1.165) is 52.7 Å². The highest BCUT2D eigenvalue weighted by Crippen LogP contribution is 2.32. The smallest absolute Gasteiger partial charge is 0.223 e. The molecule has 0 aliphatic carbocycles. The first kappa shape index (κ1) is 17.4. The largest absolute Gasteiger partial charge is 0.354 e. The van der Waals surface area contributed by atoms with Gasteiger partial charge in [0.15, 0.2) is 5.13 Å². The Morgan fingerprint density at radius 3 is 2.73 bits per heavy atom. The van der Waals surface area contributed by atoms with Crippen molar-refractivity contribution in [3.63, 3.8) is 0 Å². The van der Waals surface area contributed by atoms with Crippen molar-refractivity contribution >= 4 is 44.1 Å². The zero-order valence-corrected chi connectivity index (χ0v) is 16.6. The molecule has 3 aromatic rings. The zero-order valence-electron chi connectivity index (χ0n) is 14.9. The van der Waals surface area contributed by atoms with Crippen LogP contribution in [0.25, 0.3) is 21.6 Å². The number of thiazole rings is 1. The third-order valence-corrected chi connectivity index (χ3v) is 6.34. The molecule has 1 aliphatic heterocycles. The van der Waals surface area contributed by atoms with E-state index >= 15 is 0 Å². The molecular weight excluding hydrogens is 364 g/mol. The number of anilines is 1. The summed E-state index contributed by atoms with van der Waals surface area (Å²) in [4.78, 5) is 25.0. The molecular formula is C19H22N4OS2. The van der Waals surface area contributed by atoms with Crippen molar-refractivity contribution in [1.29, 1.82) is 0 Å². The van der Waals surface area contributed by atoms with Crippen molar-refractivity contribution in [2.75, 3.05) is 18.0 Å². The second-order valence-corrected chi connectivity index (χ2v) is 8.69. The minimum atomic E-state index is 0.117. The van der Waals surface area contributed by atoms with Crippen LogP contribution in [-0.2, 0) is 4.79 Å². The lowest BCUT2D eigenvalue weighted by molar-refractivity contribution is -0.126. The van der Waals surface area contributed by atoms with Crippen molar-refractivity contribution < 1.29 is 4.79 Å². The van der Waals surface area contributed by atoms with Crippen LogP contribution in [0.2, 0.25) is 0 Å². The Labute approximate surface area is 161 Å². The Morgan fingerprint density at radius 2 is 2.04 bits per heavy atom. The molecule has 0 bridgehead atoms. The summed E-state index contributed by atoms with van der Waals surface area (Å²) in [5, 5.41) is 8.22. The van der Waals surface area contributed by atoms with Gasteiger partial charge in [-0.05, 0) is 50.3 Å². The Hall–Kier alpha value is -1.99. The predicted octanol–water partition coefficient (Wildman–Crippen LogP) is 4.16. The topological polar surface area (TPSA) is 58.1 Å². The maximum Gasteiger partial charge on any atom is 0.223 e. The summed E-state index contributed by atoms with van der Waals surface area (Å²) in [5.41, 5.74) is 3.10. The van der Waals surface area contributed by atoms with Gasteiger partial charge >= 0.3 is 0 Å². The molecule has 1 aliphatic rings. The maximum absolute atomic E-state index is 12.2. The first-order valence-corrected chi connectivity index (χ1v) is 10.7. The normalized spacial score (nSPS) is 15.7. The first-order chi connectivity index (χ1) is 12.6. The molecule has 0 unspecified atom stereocenters. The van der Waals surface area contributed by atoms with Gasteiger partial charge in [0.2, 0.25) is 5.91 Å². The van der Waals surface area contributed by atoms with Crippen molar-refractivity contribution in [2.45, 2.75) is 32.7 Å². The van der Waals surface area contributed by atoms with Crippen molar-refractivity contribution in [3.8, 4) is 11.3 Å². The molecule has 1 N–H and O–H groups in total. The van der Waals surface area contributed by atoms with E-state index in [1.54, 1.807) is 22.7 Å². The minimum Gasteiger partial charge on any atom is -0.354 e. The minimum absolute atomic E-state index is 0.117. The Bertz CT molecular complexity index is 896. The second kappa shape index (κ2) is 7.32. The third kappa shape index (κ3) is 3.59. The van der Waals surface area contributed by atoms with E-state index in [-0.39, 0.29) is 17.9 Å². The number of aromatic nitrogens is 2. The molecule has 4 rings (SSSR count). The highest BCUT2D eigenvalue weighted by molar-refractivity contribution is 7.21. The molecule has 5 nitrogen and oxygen atoms in total. The number of hydrogen-bond acceptors (Lipinski definition) is 6. The molecule has 1 amide bonds. The summed E-state index contributed by atoms with van der Waals surface area (Å²) >= 11 is 3.32. The number of rotatable bonds is 4.